The number of nitro groups is 1. The number of rotatable bonds is 10. The van der Waals surface area contributed by atoms with Gasteiger partial charge in [-0.2, -0.15) is 4.31 Å². The minimum Gasteiger partial charge on any atom is -0.302 e. The molecule has 0 spiro atoms. The van der Waals surface area contributed by atoms with Crippen LogP contribution in [-0.4, -0.2) is 36.5 Å². The van der Waals surface area contributed by atoms with Crippen molar-refractivity contribution >= 4 is 22.0 Å². The summed E-state index contributed by atoms with van der Waals surface area (Å²) in [6.07, 6.45) is 3.28. The van der Waals surface area contributed by atoms with E-state index in [0.29, 0.717) is 19.1 Å². The summed E-state index contributed by atoms with van der Waals surface area (Å²) >= 11 is 0. The molecule has 0 N–H and O–H groups in total. The second-order valence-corrected chi connectivity index (χ2v) is 7.50. The van der Waals surface area contributed by atoms with E-state index in [9.17, 15) is 23.3 Å². The van der Waals surface area contributed by atoms with Crippen molar-refractivity contribution in [1.82, 2.24) is 4.31 Å². The molecule has 24 heavy (non-hydrogen) atoms. The molecule has 0 amide bonds. The molecule has 1 aromatic rings. The highest BCUT2D eigenvalue weighted by Gasteiger charge is 2.36. The molecule has 0 saturated carbocycles. The Balaban J connectivity index is 3.41. The summed E-state index contributed by atoms with van der Waals surface area (Å²) in [5.74, 6) is -0.260. The molecule has 1 aromatic carbocycles. The Morgan fingerprint density at radius 1 is 1.33 bits per heavy atom. The third-order valence-electron chi connectivity index (χ3n) is 3.59. The van der Waals surface area contributed by atoms with Gasteiger partial charge in [-0.3, -0.25) is 10.1 Å². The first kappa shape index (κ1) is 20.0. The van der Waals surface area contributed by atoms with Gasteiger partial charge < -0.3 is 4.79 Å². The molecule has 0 aliphatic heterocycles. The lowest BCUT2D eigenvalue weighted by atomic mass is 10.1. The fourth-order valence-corrected chi connectivity index (χ4v) is 4.22. The van der Waals surface area contributed by atoms with Gasteiger partial charge in [0.1, 0.15) is 6.29 Å². The maximum absolute atomic E-state index is 13.0. The number of unbranched alkanes of at least 4 members (excludes halogenated alkanes) is 1. The highest BCUT2D eigenvalue weighted by atomic mass is 32.2. The molecule has 132 valence electrons. The van der Waals surface area contributed by atoms with Crippen LogP contribution in [0.1, 0.15) is 26.7 Å². The summed E-state index contributed by atoms with van der Waals surface area (Å²) in [7, 11) is -4.19. The van der Waals surface area contributed by atoms with Crippen LogP contribution in [0.3, 0.4) is 0 Å². The SMILES string of the molecule is C=CCCCN([C@H](C=O)C(C)C)S(=O)(=O)c1ccccc1[N+](=O)[O-]. The van der Waals surface area contributed by atoms with Crippen LogP contribution in [0.5, 0.6) is 0 Å². The average molecular weight is 354 g/mol. The molecule has 1 rings (SSSR count). The molecule has 0 aliphatic rings. The summed E-state index contributed by atoms with van der Waals surface area (Å²) < 4.78 is 27.0. The maximum Gasteiger partial charge on any atom is 0.289 e. The first-order chi connectivity index (χ1) is 11.3. The van der Waals surface area contributed by atoms with Crippen molar-refractivity contribution < 1.29 is 18.1 Å². The quantitative estimate of drug-likeness (QED) is 0.211. The number of nitrogens with zero attached hydrogens (tertiary/aromatic N) is 2. The van der Waals surface area contributed by atoms with Crippen LogP contribution in [0.4, 0.5) is 5.69 Å². The fraction of sp³-hybridized carbons (Fsp3) is 0.438. The van der Waals surface area contributed by atoms with Gasteiger partial charge in [-0.25, -0.2) is 8.42 Å². The standard InChI is InChI=1S/C16H22N2O5S/c1-4-5-8-11-17(15(12-19)13(2)3)24(22,23)16-10-7-6-9-14(16)18(20)21/h4,6-7,9-10,12-13,15H,1,5,8,11H2,2-3H3/t15-/m1/s1. The zero-order valence-corrected chi connectivity index (χ0v) is 14.6. The second kappa shape index (κ2) is 8.70. The normalized spacial score (nSPS) is 13.0. The van der Waals surface area contributed by atoms with E-state index < -0.39 is 31.6 Å². The number of benzene rings is 1. The van der Waals surface area contributed by atoms with E-state index in [4.69, 9.17) is 0 Å². The van der Waals surface area contributed by atoms with Gasteiger partial charge in [0.15, 0.2) is 4.90 Å². The summed E-state index contributed by atoms with van der Waals surface area (Å²) in [6, 6.07) is 4.27. The predicted octanol–water partition coefficient (Wildman–Crippen LogP) is 2.78. The van der Waals surface area contributed by atoms with Gasteiger partial charge in [0, 0.05) is 12.6 Å². The third-order valence-corrected chi connectivity index (χ3v) is 5.53. The van der Waals surface area contributed by atoms with Gasteiger partial charge in [-0.1, -0.05) is 32.1 Å². The Hall–Kier alpha value is -2.06. The Kier molecular flexibility index (Phi) is 7.24. The number of para-hydroxylation sites is 1. The van der Waals surface area contributed by atoms with E-state index in [0.717, 1.165) is 10.4 Å². The lowest BCUT2D eigenvalue weighted by Gasteiger charge is -2.29. The monoisotopic (exact) mass is 354 g/mol. The molecule has 1 atom stereocenters. The van der Waals surface area contributed by atoms with Crippen LogP contribution in [0.25, 0.3) is 0 Å². The Morgan fingerprint density at radius 2 is 1.96 bits per heavy atom. The summed E-state index contributed by atoms with van der Waals surface area (Å²) in [5, 5.41) is 11.2. The molecule has 0 saturated heterocycles. The molecule has 0 bridgehead atoms. The minimum atomic E-state index is -4.19. The highest BCUT2D eigenvalue weighted by Crippen LogP contribution is 2.28. The smallest absolute Gasteiger partial charge is 0.289 e. The van der Waals surface area contributed by atoms with Gasteiger partial charge in [-0.15, -0.1) is 6.58 Å². The van der Waals surface area contributed by atoms with Crippen LogP contribution in [-0.2, 0) is 14.8 Å². The van der Waals surface area contributed by atoms with Crippen LogP contribution < -0.4 is 0 Å². The van der Waals surface area contributed by atoms with E-state index in [1.165, 1.54) is 18.2 Å². The van der Waals surface area contributed by atoms with E-state index >= 15 is 0 Å². The highest BCUT2D eigenvalue weighted by molar-refractivity contribution is 7.89. The first-order valence-corrected chi connectivity index (χ1v) is 9.02. The molecule has 0 aliphatic carbocycles. The largest absolute Gasteiger partial charge is 0.302 e. The Labute approximate surface area is 142 Å². The maximum atomic E-state index is 13.0. The molecule has 0 heterocycles. The number of carbonyl (C=O) groups excluding carboxylic acids is 1. The molecule has 0 radical (unpaired) electrons. The predicted molar refractivity (Wildman–Crippen MR) is 91.1 cm³/mol. The van der Waals surface area contributed by atoms with Crippen LogP contribution in [0.2, 0.25) is 0 Å². The average Bonchev–Trinajstić information content (AvgIpc) is 2.53. The second-order valence-electron chi connectivity index (χ2n) is 5.64. The lowest BCUT2D eigenvalue weighted by molar-refractivity contribution is -0.387. The van der Waals surface area contributed by atoms with Gasteiger partial charge in [0.25, 0.3) is 15.7 Å². The number of allylic oxidation sites excluding steroid dienone is 1. The van der Waals surface area contributed by atoms with Crippen molar-refractivity contribution in [3.05, 3.63) is 47.0 Å². The molecule has 7 nitrogen and oxygen atoms in total. The number of sulfonamides is 1. The zero-order chi connectivity index (χ0) is 18.3. The summed E-state index contributed by atoms with van der Waals surface area (Å²) in [5.41, 5.74) is -0.500. The van der Waals surface area contributed by atoms with E-state index in [-0.39, 0.29) is 12.5 Å². The van der Waals surface area contributed by atoms with Crippen molar-refractivity contribution in [2.75, 3.05) is 6.54 Å². The van der Waals surface area contributed by atoms with Crippen LogP contribution in [0.15, 0.2) is 41.8 Å². The van der Waals surface area contributed by atoms with Crippen LogP contribution >= 0.6 is 0 Å². The number of hydrogen-bond donors (Lipinski definition) is 0. The first-order valence-electron chi connectivity index (χ1n) is 7.58. The van der Waals surface area contributed by atoms with E-state index in [1.807, 2.05) is 0 Å². The van der Waals surface area contributed by atoms with Crippen LogP contribution in [0, 0.1) is 16.0 Å². The number of aldehydes is 1. The van der Waals surface area contributed by atoms with E-state index in [1.54, 1.807) is 19.9 Å². The molecule has 0 fully saturated rings. The fourth-order valence-electron chi connectivity index (χ4n) is 2.33. The third kappa shape index (κ3) is 4.48. The zero-order valence-electron chi connectivity index (χ0n) is 13.8. The summed E-state index contributed by atoms with van der Waals surface area (Å²) in [6.45, 7) is 7.14. The molecule has 0 unspecified atom stereocenters. The van der Waals surface area contributed by atoms with Crippen molar-refractivity contribution in [2.45, 2.75) is 37.6 Å². The molecule has 0 aromatic heterocycles. The number of carbonyl (C=O) groups is 1. The topological polar surface area (TPSA) is 97.6 Å². The number of hydrogen-bond acceptors (Lipinski definition) is 5. The summed E-state index contributed by atoms with van der Waals surface area (Å²) in [4.78, 5) is 21.5. The van der Waals surface area contributed by atoms with Gasteiger partial charge in [0.05, 0.1) is 11.0 Å². The molecular weight excluding hydrogens is 332 g/mol. The lowest BCUT2D eigenvalue weighted by Crippen LogP contribution is -2.45. The van der Waals surface area contributed by atoms with Crippen molar-refractivity contribution in [3.8, 4) is 0 Å². The Bertz CT molecular complexity index is 700. The minimum absolute atomic E-state index is 0.0853. The molecular formula is C16H22N2O5S. The Morgan fingerprint density at radius 3 is 2.46 bits per heavy atom. The van der Waals surface area contributed by atoms with Gasteiger partial charge in [0.2, 0.25) is 0 Å². The van der Waals surface area contributed by atoms with Gasteiger partial charge in [-0.05, 0) is 24.8 Å². The van der Waals surface area contributed by atoms with Crippen molar-refractivity contribution in [3.63, 3.8) is 0 Å². The van der Waals surface area contributed by atoms with Crippen molar-refractivity contribution in [1.29, 1.82) is 0 Å². The van der Waals surface area contributed by atoms with Crippen molar-refractivity contribution in [2.24, 2.45) is 5.92 Å². The number of nitro benzene ring substituents is 1. The van der Waals surface area contributed by atoms with Gasteiger partial charge >= 0.3 is 0 Å². The molecule has 8 heteroatoms. The van der Waals surface area contributed by atoms with E-state index in [2.05, 4.69) is 6.58 Å².